The van der Waals surface area contributed by atoms with Gasteiger partial charge in [-0.3, -0.25) is 0 Å². The van der Waals surface area contributed by atoms with E-state index >= 15 is 0 Å². The molecule has 2 saturated heterocycles. The second kappa shape index (κ2) is 6.63. The van der Waals surface area contributed by atoms with Gasteiger partial charge in [-0.2, -0.15) is 4.31 Å². The van der Waals surface area contributed by atoms with Gasteiger partial charge in [0.2, 0.25) is 10.0 Å². The maximum Gasteiger partial charge on any atom is 0.243 e. The Morgan fingerprint density at radius 1 is 1.46 bits per heavy atom. The third-order valence-corrected chi connectivity index (χ3v) is 7.24. The van der Waals surface area contributed by atoms with Crippen molar-refractivity contribution in [3.63, 3.8) is 0 Å². The molecule has 1 aromatic rings. The van der Waals surface area contributed by atoms with E-state index in [9.17, 15) is 13.5 Å². The zero-order valence-corrected chi connectivity index (χ0v) is 15.0. The van der Waals surface area contributed by atoms with Crippen molar-refractivity contribution in [3.8, 4) is 5.75 Å². The molecule has 2 aliphatic heterocycles. The van der Waals surface area contributed by atoms with E-state index in [0.29, 0.717) is 44.9 Å². The Labute approximate surface area is 143 Å². The van der Waals surface area contributed by atoms with Crippen LogP contribution in [0.5, 0.6) is 5.75 Å². The molecule has 2 fully saturated rings. The number of sulfonamides is 1. The highest BCUT2D eigenvalue weighted by Gasteiger charge is 2.51. The summed E-state index contributed by atoms with van der Waals surface area (Å²) in [4.78, 5) is 0.285. The second-order valence-electron chi connectivity index (χ2n) is 6.67. The molecule has 2 heterocycles. The van der Waals surface area contributed by atoms with Crippen molar-refractivity contribution in [2.45, 2.75) is 24.7 Å². The maximum absolute atomic E-state index is 13.1. The van der Waals surface area contributed by atoms with Gasteiger partial charge in [-0.05, 0) is 36.6 Å². The van der Waals surface area contributed by atoms with E-state index in [1.165, 1.54) is 4.31 Å². The van der Waals surface area contributed by atoms with E-state index in [1.54, 1.807) is 25.3 Å². The highest BCUT2D eigenvalue weighted by molar-refractivity contribution is 7.89. The summed E-state index contributed by atoms with van der Waals surface area (Å²) in [6.45, 7) is 3.80. The number of aryl methyl sites for hydroxylation is 1. The van der Waals surface area contributed by atoms with Crippen LogP contribution in [0.25, 0.3) is 0 Å². The van der Waals surface area contributed by atoms with Crippen LogP contribution in [0, 0.1) is 11.3 Å². The smallest absolute Gasteiger partial charge is 0.243 e. The molecule has 0 spiro atoms. The first-order valence-corrected chi connectivity index (χ1v) is 9.76. The number of rotatable bonds is 5. The number of benzene rings is 1. The summed E-state index contributed by atoms with van der Waals surface area (Å²) in [6, 6.07) is 5.00. The summed E-state index contributed by atoms with van der Waals surface area (Å²) in [7, 11) is -2.01. The minimum Gasteiger partial charge on any atom is -0.496 e. The lowest BCUT2D eigenvalue weighted by Crippen LogP contribution is -2.41. The van der Waals surface area contributed by atoms with Crippen LogP contribution >= 0.6 is 0 Å². The Morgan fingerprint density at radius 3 is 2.88 bits per heavy atom. The summed E-state index contributed by atoms with van der Waals surface area (Å²) in [5.74, 6) is 0.752. The summed E-state index contributed by atoms with van der Waals surface area (Å²) in [5.41, 5.74) is 0.501. The van der Waals surface area contributed by atoms with Gasteiger partial charge in [-0.25, -0.2) is 8.42 Å². The molecule has 2 aliphatic rings. The Kier molecular flexibility index (Phi) is 4.88. The number of methoxy groups -OCH3 is 1. The second-order valence-corrected chi connectivity index (χ2v) is 8.61. The third kappa shape index (κ3) is 2.83. The number of ether oxygens (including phenoxy) is 2. The molecule has 0 unspecified atom stereocenters. The lowest BCUT2D eigenvalue weighted by molar-refractivity contribution is -0.0414. The van der Waals surface area contributed by atoms with Crippen molar-refractivity contribution >= 4 is 10.0 Å². The van der Waals surface area contributed by atoms with Gasteiger partial charge in [0, 0.05) is 31.0 Å². The van der Waals surface area contributed by atoms with Gasteiger partial charge < -0.3 is 14.6 Å². The first kappa shape index (κ1) is 17.7. The first-order chi connectivity index (χ1) is 11.5. The van der Waals surface area contributed by atoms with Crippen molar-refractivity contribution in [2.24, 2.45) is 11.3 Å². The monoisotopic (exact) mass is 355 g/mol. The molecular weight excluding hydrogens is 330 g/mol. The molecule has 134 valence electrons. The molecule has 24 heavy (non-hydrogen) atoms. The molecule has 0 aromatic heterocycles. The Hall–Kier alpha value is -1.15. The molecule has 0 radical (unpaired) electrons. The van der Waals surface area contributed by atoms with Gasteiger partial charge in [0.1, 0.15) is 5.75 Å². The van der Waals surface area contributed by atoms with Gasteiger partial charge in [0.05, 0.1) is 25.2 Å². The van der Waals surface area contributed by atoms with Gasteiger partial charge in [0.15, 0.2) is 0 Å². The number of hydrogen-bond acceptors (Lipinski definition) is 5. The van der Waals surface area contributed by atoms with E-state index < -0.39 is 10.0 Å². The minimum atomic E-state index is -3.59. The van der Waals surface area contributed by atoms with Gasteiger partial charge in [0.25, 0.3) is 0 Å². The molecule has 1 N–H and O–H groups in total. The van der Waals surface area contributed by atoms with Crippen LogP contribution in [0.4, 0.5) is 0 Å². The molecule has 0 bridgehead atoms. The first-order valence-electron chi connectivity index (χ1n) is 8.32. The molecule has 0 aliphatic carbocycles. The van der Waals surface area contributed by atoms with E-state index in [4.69, 9.17) is 9.47 Å². The van der Waals surface area contributed by atoms with Gasteiger partial charge in [-0.15, -0.1) is 0 Å². The van der Waals surface area contributed by atoms with Gasteiger partial charge >= 0.3 is 0 Å². The average molecular weight is 355 g/mol. The summed E-state index contributed by atoms with van der Waals surface area (Å²) >= 11 is 0. The summed E-state index contributed by atoms with van der Waals surface area (Å²) < 4.78 is 38.4. The van der Waals surface area contributed by atoms with Crippen LogP contribution in [-0.4, -0.2) is 57.8 Å². The molecule has 1 aromatic carbocycles. The largest absolute Gasteiger partial charge is 0.496 e. The number of aliphatic hydroxyl groups is 1. The van der Waals surface area contributed by atoms with Crippen LogP contribution in [-0.2, 0) is 21.2 Å². The predicted molar refractivity (Wildman–Crippen MR) is 89.6 cm³/mol. The van der Waals surface area contributed by atoms with E-state index in [0.717, 1.165) is 5.56 Å². The maximum atomic E-state index is 13.1. The van der Waals surface area contributed by atoms with Crippen molar-refractivity contribution < 1.29 is 23.0 Å². The molecule has 2 atom stereocenters. The van der Waals surface area contributed by atoms with Crippen LogP contribution < -0.4 is 4.74 Å². The summed E-state index contributed by atoms with van der Waals surface area (Å²) in [6.07, 6.45) is 1.40. The van der Waals surface area contributed by atoms with E-state index in [2.05, 4.69) is 0 Å². The zero-order chi connectivity index (χ0) is 17.4. The fourth-order valence-electron chi connectivity index (χ4n) is 3.78. The van der Waals surface area contributed by atoms with Crippen molar-refractivity contribution in [1.82, 2.24) is 4.31 Å². The van der Waals surface area contributed by atoms with Crippen LogP contribution in [0.2, 0.25) is 0 Å². The minimum absolute atomic E-state index is 0.00410. The molecule has 0 amide bonds. The normalized spacial score (nSPS) is 27.9. The van der Waals surface area contributed by atoms with Gasteiger partial charge in [-0.1, -0.05) is 6.92 Å². The van der Waals surface area contributed by atoms with Crippen molar-refractivity contribution in [1.29, 1.82) is 0 Å². The quantitative estimate of drug-likeness (QED) is 0.861. The summed E-state index contributed by atoms with van der Waals surface area (Å²) in [5, 5.41) is 9.86. The number of nitrogens with zero attached hydrogens (tertiary/aromatic N) is 1. The van der Waals surface area contributed by atoms with E-state index in [-0.39, 0.29) is 22.8 Å². The average Bonchev–Trinajstić information content (AvgIpc) is 3.02. The predicted octanol–water partition coefficient (Wildman–Crippen LogP) is 1.28. The Morgan fingerprint density at radius 2 is 2.25 bits per heavy atom. The third-order valence-electron chi connectivity index (χ3n) is 5.43. The lowest BCUT2D eigenvalue weighted by atomic mass is 9.75. The zero-order valence-electron chi connectivity index (χ0n) is 14.2. The van der Waals surface area contributed by atoms with Crippen LogP contribution in [0.15, 0.2) is 23.1 Å². The Bertz CT molecular complexity index is 705. The molecule has 3 rings (SSSR count). The number of hydrogen-bond donors (Lipinski definition) is 1. The molecular formula is C17H25NO5S. The fraction of sp³-hybridized carbons (Fsp3) is 0.647. The standard InChI is InChI=1S/C17H25NO5S/c1-3-13-8-15(4-5-16(13)22-2)24(20,21)18-9-14-10-23-7-6-17(14,11-18)12-19/h4-5,8,14,19H,3,6-7,9-12H2,1-2H3/t14-,17-/m1/s1. The molecule has 0 saturated carbocycles. The molecule has 7 heteroatoms. The Balaban J connectivity index is 1.91. The van der Waals surface area contributed by atoms with E-state index in [1.807, 2.05) is 6.92 Å². The SMILES string of the molecule is CCc1cc(S(=O)(=O)N2C[C@@H]3COCC[C@]3(CO)C2)ccc1OC. The van der Waals surface area contributed by atoms with Crippen LogP contribution in [0.3, 0.4) is 0 Å². The lowest BCUT2D eigenvalue weighted by Gasteiger charge is -2.36. The number of fused-ring (bicyclic) bond motifs is 1. The van der Waals surface area contributed by atoms with Crippen LogP contribution in [0.1, 0.15) is 18.9 Å². The number of aliphatic hydroxyl groups excluding tert-OH is 1. The highest BCUT2D eigenvalue weighted by atomic mass is 32.2. The van der Waals surface area contributed by atoms with Crippen molar-refractivity contribution in [3.05, 3.63) is 23.8 Å². The topological polar surface area (TPSA) is 76.1 Å². The molecule has 6 nitrogen and oxygen atoms in total. The fourth-order valence-corrected chi connectivity index (χ4v) is 5.41. The highest BCUT2D eigenvalue weighted by Crippen LogP contribution is 2.43. The van der Waals surface area contributed by atoms with Crippen molar-refractivity contribution in [2.75, 3.05) is 40.0 Å².